The third-order valence-electron chi connectivity index (χ3n) is 3.15. The van der Waals surface area contributed by atoms with Crippen LogP contribution in [0.15, 0.2) is 6.20 Å². The zero-order valence-corrected chi connectivity index (χ0v) is 11.4. The molecule has 3 nitrogen and oxygen atoms in total. The van der Waals surface area contributed by atoms with Gasteiger partial charge >= 0.3 is 0 Å². The van der Waals surface area contributed by atoms with Gasteiger partial charge in [-0.1, -0.05) is 20.8 Å². The maximum Gasteiger partial charge on any atom is 0.280 e. The molecule has 0 radical (unpaired) electrons. The Balaban J connectivity index is 2.91. The molecule has 0 unspecified atom stereocenters. The van der Waals surface area contributed by atoms with Gasteiger partial charge in [0.15, 0.2) is 0 Å². The quantitative estimate of drug-likeness (QED) is 0.722. The van der Waals surface area contributed by atoms with Crippen LogP contribution in [0.2, 0.25) is 0 Å². The molecule has 18 heavy (non-hydrogen) atoms. The summed E-state index contributed by atoms with van der Waals surface area (Å²) in [4.78, 5) is 0. The smallest absolute Gasteiger partial charge is 0.280 e. The summed E-state index contributed by atoms with van der Waals surface area (Å²) in [6.07, 6.45) is 1.73. The first kappa shape index (κ1) is 15.1. The summed E-state index contributed by atoms with van der Waals surface area (Å²) in [7, 11) is 0. The van der Waals surface area contributed by atoms with Crippen molar-refractivity contribution in [2.75, 3.05) is 6.54 Å². The molecule has 1 aromatic heterocycles. The number of rotatable bonds is 8. The van der Waals surface area contributed by atoms with Crippen LogP contribution in [0, 0.1) is 0 Å². The van der Waals surface area contributed by atoms with Crippen molar-refractivity contribution >= 4 is 0 Å². The summed E-state index contributed by atoms with van der Waals surface area (Å²) in [6.45, 7) is 7.35. The van der Waals surface area contributed by atoms with E-state index in [1.165, 1.54) is 4.68 Å². The third-order valence-corrected chi connectivity index (χ3v) is 3.15. The van der Waals surface area contributed by atoms with Crippen molar-refractivity contribution in [3.05, 3.63) is 17.5 Å². The van der Waals surface area contributed by atoms with Crippen molar-refractivity contribution in [1.82, 2.24) is 15.1 Å². The summed E-state index contributed by atoms with van der Waals surface area (Å²) in [5.41, 5.74) is 0.692. The van der Waals surface area contributed by atoms with Gasteiger partial charge in [-0.05, 0) is 25.8 Å². The van der Waals surface area contributed by atoms with Crippen molar-refractivity contribution in [1.29, 1.82) is 0 Å². The summed E-state index contributed by atoms with van der Waals surface area (Å²) >= 11 is 0. The molecule has 1 rings (SSSR count). The number of nitrogens with one attached hydrogen (secondary N) is 1. The van der Waals surface area contributed by atoms with E-state index in [2.05, 4.69) is 17.3 Å². The largest absolute Gasteiger partial charge is 0.313 e. The van der Waals surface area contributed by atoms with Gasteiger partial charge in [0, 0.05) is 12.1 Å². The Morgan fingerprint density at radius 2 is 1.94 bits per heavy atom. The summed E-state index contributed by atoms with van der Waals surface area (Å²) in [6, 6.07) is 0.0638. The van der Waals surface area contributed by atoms with E-state index in [9.17, 15) is 8.78 Å². The fraction of sp³-hybridized carbons (Fsp3) is 0.769. The van der Waals surface area contributed by atoms with E-state index < -0.39 is 6.43 Å². The molecule has 1 heterocycles. The standard InChI is InChI=1S/C13H23F2N3/c1-4-7-16-8-10-9-17-18(11(5-2)6-3)12(10)13(14)15/h9,11,13,16H,4-8H2,1-3H3. The lowest BCUT2D eigenvalue weighted by molar-refractivity contribution is 0.133. The van der Waals surface area contributed by atoms with Gasteiger partial charge in [0.25, 0.3) is 6.43 Å². The molecule has 0 aromatic carbocycles. The first-order chi connectivity index (χ1) is 8.65. The maximum atomic E-state index is 13.2. The van der Waals surface area contributed by atoms with Gasteiger partial charge in [0.1, 0.15) is 5.69 Å². The minimum Gasteiger partial charge on any atom is -0.313 e. The Morgan fingerprint density at radius 3 is 2.44 bits per heavy atom. The van der Waals surface area contributed by atoms with Crippen LogP contribution in [0.3, 0.4) is 0 Å². The molecule has 0 fully saturated rings. The number of hydrogen-bond donors (Lipinski definition) is 1. The van der Waals surface area contributed by atoms with Gasteiger partial charge in [0.2, 0.25) is 0 Å². The Morgan fingerprint density at radius 1 is 1.28 bits per heavy atom. The second-order valence-corrected chi connectivity index (χ2v) is 4.45. The van der Waals surface area contributed by atoms with Gasteiger partial charge in [-0.15, -0.1) is 0 Å². The number of alkyl halides is 2. The molecule has 0 atom stereocenters. The van der Waals surface area contributed by atoms with Crippen molar-refractivity contribution in [2.24, 2.45) is 0 Å². The number of nitrogens with zero attached hydrogens (tertiary/aromatic N) is 2. The lowest BCUT2D eigenvalue weighted by atomic mass is 10.1. The van der Waals surface area contributed by atoms with Gasteiger partial charge in [-0.2, -0.15) is 5.10 Å². The monoisotopic (exact) mass is 259 g/mol. The second-order valence-electron chi connectivity index (χ2n) is 4.45. The van der Waals surface area contributed by atoms with Gasteiger partial charge in [-0.25, -0.2) is 8.78 Å². The van der Waals surface area contributed by atoms with Crippen molar-refractivity contribution in [3.8, 4) is 0 Å². The fourth-order valence-corrected chi connectivity index (χ4v) is 2.11. The van der Waals surface area contributed by atoms with Gasteiger partial charge < -0.3 is 5.32 Å². The molecule has 0 aliphatic rings. The van der Waals surface area contributed by atoms with Gasteiger partial charge in [-0.3, -0.25) is 4.68 Å². The third kappa shape index (κ3) is 3.51. The minimum atomic E-state index is -2.47. The van der Waals surface area contributed by atoms with E-state index in [0.29, 0.717) is 12.1 Å². The maximum absolute atomic E-state index is 13.2. The molecule has 0 amide bonds. The molecule has 5 heteroatoms. The second kappa shape index (κ2) is 7.46. The fourth-order valence-electron chi connectivity index (χ4n) is 2.11. The normalized spacial score (nSPS) is 11.7. The predicted octanol–water partition coefficient (Wildman–Crippen LogP) is 3.68. The average Bonchev–Trinajstić information content (AvgIpc) is 2.75. The molecule has 0 saturated heterocycles. The summed E-state index contributed by atoms with van der Waals surface area (Å²) in [5, 5.41) is 7.30. The van der Waals surface area contributed by atoms with Crippen molar-refractivity contribution < 1.29 is 8.78 Å². The van der Waals surface area contributed by atoms with E-state index >= 15 is 0 Å². The highest BCUT2D eigenvalue weighted by molar-refractivity contribution is 5.19. The van der Waals surface area contributed by atoms with Gasteiger partial charge in [0.05, 0.1) is 12.2 Å². The topological polar surface area (TPSA) is 29.9 Å². The van der Waals surface area contributed by atoms with E-state index in [1.54, 1.807) is 6.20 Å². The predicted molar refractivity (Wildman–Crippen MR) is 68.8 cm³/mol. The zero-order valence-electron chi connectivity index (χ0n) is 11.4. The highest BCUT2D eigenvalue weighted by Crippen LogP contribution is 2.28. The molecular formula is C13H23F2N3. The molecule has 1 aromatic rings. The SMILES string of the molecule is CCCNCc1cnn(C(CC)CC)c1C(F)F. The lowest BCUT2D eigenvalue weighted by Crippen LogP contribution is -2.17. The Bertz CT molecular complexity index is 346. The van der Waals surface area contributed by atoms with Crippen molar-refractivity contribution in [2.45, 2.75) is 59.0 Å². The Labute approximate surface area is 108 Å². The Hall–Kier alpha value is -0.970. The summed E-state index contributed by atoms with van der Waals surface area (Å²) in [5.74, 6) is 0. The van der Waals surface area contributed by atoms with E-state index in [0.717, 1.165) is 25.8 Å². The molecule has 0 saturated carbocycles. The van der Waals surface area contributed by atoms with E-state index in [-0.39, 0.29) is 11.7 Å². The van der Waals surface area contributed by atoms with Crippen LogP contribution in [0.1, 0.15) is 63.8 Å². The van der Waals surface area contributed by atoms with Crippen LogP contribution in [0.5, 0.6) is 0 Å². The van der Waals surface area contributed by atoms with E-state index in [1.807, 2.05) is 13.8 Å². The summed E-state index contributed by atoms with van der Waals surface area (Å²) < 4.78 is 27.9. The molecule has 104 valence electrons. The van der Waals surface area contributed by atoms with Crippen LogP contribution in [-0.4, -0.2) is 16.3 Å². The highest BCUT2D eigenvalue weighted by Gasteiger charge is 2.22. The molecule has 0 spiro atoms. The van der Waals surface area contributed by atoms with Crippen LogP contribution >= 0.6 is 0 Å². The Kier molecular flexibility index (Phi) is 6.25. The van der Waals surface area contributed by atoms with Crippen LogP contribution in [-0.2, 0) is 6.54 Å². The number of halogens is 2. The van der Waals surface area contributed by atoms with Crippen molar-refractivity contribution in [3.63, 3.8) is 0 Å². The number of hydrogen-bond acceptors (Lipinski definition) is 2. The molecule has 0 aliphatic carbocycles. The van der Waals surface area contributed by atoms with Crippen LogP contribution < -0.4 is 5.32 Å². The first-order valence-corrected chi connectivity index (χ1v) is 6.70. The first-order valence-electron chi connectivity index (χ1n) is 6.70. The lowest BCUT2D eigenvalue weighted by Gasteiger charge is -2.17. The van der Waals surface area contributed by atoms with Crippen LogP contribution in [0.25, 0.3) is 0 Å². The average molecular weight is 259 g/mol. The number of aromatic nitrogens is 2. The highest BCUT2D eigenvalue weighted by atomic mass is 19.3. The molecule has 1 N–H and O–H groups in total. The minimum absolute atomic E-state index is 0.0638. The van der Waals surface area contributed by atoms with Crippen LogP contribution in [0.4, 0.5) is 8.78 Å². The molecule has 0 bridgehead atoms. The molecule has 0 aliphatic heterocycles. The molecular weight excluding hydrogens is 236 g/mol. The zero-order chi connectivity index (χ0) is 13.5. The van der Waals surface area contributed by atoms with E-state index in [4.69, 9.17) is 0 Å².